The minimum atomic E-state index is -0.989. The number of carbonyl (C=O) groups excluding carboxylic acids is 1. The van der Waals surface area contributed by atoms with Gasteiger partial charge in [-0.2, -0.15) is 0 Å². The molecule has 1 aromatic carbocycles. The van der Waals surface area contributed by atoms with Gasteiger partial charge in [-0.25, -0.2) is 0 Å². The number of hydrogen-bond acceptors (Lipinski definition) is 3. The van der Waals surface area contributed by atoms with Crippen LogP contribution in [0.5, 0.6) is 0 Å². The van der Waals surface area contributed by atoms with Crippen LogP contribution in [0.2, 0.25) is 0 Å². The maximum atomic E-state index is 12.5. The highest BCUT2D eigenvalue weighted by atomic mass is 16.3. The summed E-state index contributed by atoms with van der Waals surface area (Å²) in [5, 5.41) is 20.9. The molecule has 0 spiro atoms. The second-order valence-electron chi connectivity index (χ2n) is 6.79. The van der Waals surface area contributed by atoms with Crippen molar-refractivity contribution in [2.75, 3.05) is 13.1 Å². The first-order valence-corrected chi connectivity index (χ1v) is 8.32. The Morgan fingerprint density at radius 2 is 2.05 bits per heavy atom. The van der Waals surface area contributed by atoms with Crippen molar-refractivity contribution in [1.82, 2.24) is 4.90 Å². The molecular weight excluding hydrogens is 278 g/mol. The van der Waals surface area contributed by atoms with Crippen LogP contribution in [-0.4, -0.2) is 45.8 Å². The number of carbonyl (C=O) groups is 1. The molecule has 120 valence electrons. The molecule has 0 bridgehead atoms. The van der Waals surface area contributed by atoms with Crippen molar-refractivity contribution in [2.24, 2.45) is 5.92 Å². The third-order valence-electron chi connectivity index (χ3n) is 5.30. The van der Waals surface area contributed by atoms with Gasteiger partial charge in [-0.1, -0.05) is 43.2 Å². The molecule has 2 N–H and O–H groups in total. The van der Waals surface area contributed by atoms with Gasteiger partial charge in [0, 0.05) is 25.4 Å². The summed E-state index contributed by atoms with van der Waals surface area (Å²) in [4.78, 5) is 14.2. The highest BCUT2D eigenvalue weighted by Crippen LogP contribution is 2.39. The van der Waals surface area contributed by atoms with Gasteiger partial charge in [0.15, 0.2) is 0 Å². The minimum Gasteiger partial charge on any atom is -0.389 e. The van der Waals surface area contributed by atoms with Crippen LogP contribution in [0.3, 0.4) is 0 Å². The standard InChI is InChI=1S/C18H25NO3/c20-16(12-14-6-2-1-3-7-14)17(21)19-11-10-18(22)9-5-4-8-15(18)13-19/h1-3,6-7,15-16,20,22H,4-5,8-13H2/t15-,16-,18+/m0/s1. The van der Waals surface area contributed by atoms with Crippen molar-refractivity contribution in [3.8, 4) is 0 Å². The fourth-order valence-corrected chi connectivity index (χ4v) is 3.91. The molecule has 4 heteroatoms. The van der Waals surface area contributed by atoms with E-state index in [1.165, 1.54) is 0 Å². The van der Waals surface area contributed by atoms with Gasteiger partial charge in [0.25, 0.3) is 5.91 Å². The van der Waals surface area contributed by atoms with E-state index in [1.54, 1.807) is 4.90 Å². The quantitative estimate of drug-likeness (QED) is 0.894. The number of nitrogens with zero attached hydrogens (tertiary/aromatic N) is 1. The molecule has 3 atom stereocenters. The van der Waals surface area contributed by atoms with Gasteiger partial charge < -0.3 is 15.1 Å². The number of benzene rings is 1. The molecule has 3 rings (SSSR count). The summed E-state index contributed by atoms with van der Waals surface area (Å²) in [5.41, 5.74) is 0.383. The number of amides is 1. The van der Waals surface area contributed by atoms with E-state index in [2.05, 4.69) is 0 Å². The Morgan fingerprint density at radius 3 is 2.82 bits per heavy atom. The van der Waals surface area contributed by atoms with Gasteiger partial charge in [0.1, 0.15) is 6.10 Å². The molecule has 22 heavy (non-hydrogen) atoms. The lowest BCUT2D eigenvalue weighted by Gasteiger charge is -2.47. The van der Waals surface area contributed by atoms with Gasteiger partial charge in [-0.05, 0) is 24.8 Å². The Morgan fingerprint density at radius 1 is 1.27 bits per heavy atom. The molecule has 1 saturated carbocycles. The third-order valence-corrected chi connectivity index (χ3v) is 5.30. The maximum absolute atomic E-state index is 12.5. The molecule has 1 amide bonds. The van der Waals surface area contributed by atoms with E-state index in [-0.39, 0.29) is 11.8 Å². The van der Waals surface area contributed by atoms with Gasteiger partial charge in [0.2, 0.25) is 0 Å². The second-order valence-corrected chi connectivity index (χ2v) is 6.79. The number of hydrogen-bond donors (Lipinski definition) is 2. The normalized spacial score (nSPS) is 29.7. The number of likely N-dealkylation sites (tertiary alicyclic amines) is 1. The van der Waals surface area contributed by atoms with Crippen LogP contribution in [0.15, 0.2) is 30.3 Å². The molecule has 0 radical (unpaired) electrons. The minimum absolute atomic E-state index is 0.169. The molecule has 0 unspecified atom stereocenters. The molecule has 1 aliphatic carbocycles. The Bertz CT molecular complexity index is 518. The Balaban J connectivity index is 1.61. The zero-order valence-corrected chi connectivity index (χ0v) is 12.9. The Kier molecular flexibility index (Phi) is 4.50. The summed E-state index contributed by atoms with van der Waals surface area (Å²) < 4.78 is 0. The van der Waals surface area contributed by atoms with Crippen molar-refractivity contribution in [3.05, 3.63) is 35.9 Å². The molecule has 2 aliphatic rings. The maximum Gasteiger partial charge on any atom is 0.251 e. The SMILES string of the molecule is O=C([C@@H](O)Cc1ccccc1)N1CC[C@]2(O)CCCC[C@H]2C1. The number of aliphatic hydroxyl groups is 2. The number of aliphatic hydroxyl groups excluding tert-OH is 1. The fourth-order valence-electron chi connectivity index (χ4n) is 3.91. The molecule has 2 fully saturated rings. The van der Waals surface area contributed by atoms with E-state index in [0.717, 1.165) is 31.2 Å². The van der Waals surface area contributed by atoms with Crippen LogP contribution in [0, 0.1) is 5.92 Å². The fraction of sp³-hybridized carbons (Fsp3) is 0.611. The molecule has 1 saturated heterocycles. The summed E-state index contributed by atoms with van der Waals surface area (Å²) in [6, 6.07) is 9.59. The molecule has 1 heterocycles. The van der Waals surface area contributed by atoms with Crippen LogP contribution < -0.4 is 0 Å². The van der Waals surface area contributed by atoms with Crippen LogP contribution in [0.25, 0.3) is 0 Å². The van der Waals surface area contributed by atoms with Crippen molar-refractivity contribution in [2.45, 2.75) is 50.2 Å². The number of rotatable bonds is 3. The lowest BCUT2D eigenvalue weighted by Crippen LogP contribution is -2.56. The smallest absolute Gasteiger partial charge is 0.251 e. The van der Waals surface area contributed by atoms with Gasteiger partial charge in [-0.15, -0.1) is 0 Å². The highest BCUT2D eigenvalue weighted by molar-refractivity contribution is 5.81. The van der Waals surface area contributed by atoms with Crippen LogP contribution in [-0.2, 0) is 11.2 Å². The molecule has 1 aromatic rings. The lowest BCUT2D eigenvalue weighted by atomic mass is 9.71. The zero-order valence-electron chi connectivity index (χ0n) is 12.9. The van der Waals surface area contributed by atoms with Crippen LogP contribution >= 0.6 is 0 Å². The summed E-state index contributed by atoms with van der Waals surface area (Å²) in [6.45, 7) is 1.14. The topological polar surface area (TPSA) is 60.8 Å². The van der Waals surface area contributed by atoms with Crippen molar-refractivity contribution in [3.63, 3.8) is 0 Å². The highest BCUT2D eigenvalue weighted by Gasteiger charge is 2.44. The summed E-state index contributed by atoms with van der Waals surface area (Å²) >= 11 is 0. The van der Waals surface area contributed by atoms with Crippen LogP contribution in [0.1, 0.15) is 37.7 Å². The van der Waals surface area contributed by atoms with E-state index >= 15 is 0 Å². The van der Waals surface area contributed by atoms with Crippen molar-refractivity contribution >= 4 is 5.91 Å². The largest absolute Gasteiger partial charge is 0.389 e. The zero-order chi connectivity index (χ0) is 15.6. The van der Waals surface area contributed by atoms with E-state index in [9.17, 15) is 15.0 Å². The van der Waals surface area contributed by atoms with Crippen molar-refractivity contribution in [1.29, 1.82) is 0 Å². The number of piperidine rings is 1. The summed E-state index contributed by atoms with van der Waals surface area (Å²) in [6.07, 6.45) is 4.05. The van der Waals surface area contributed by atoms with Gasteiger partial charge in [-0.3, -0.25) is 4.79 Å². The average Bonchev–Trinajstić information content (AvgIpc) is 2.54. The predicted octanol–water partition coefficient (Wildman–Crippen LogP) is 1.74. The molecular formula is C18H25NO3. The second kappa shape index (κ2) is 6.39. The van der Waals surface area contributed by atoms with Crippen LogP contribution in [0.4, 0.5) is 0 Å². The first-order chi connectivity index (χ1) is 10.6. The molecule has 4 nitrogen and oxygen atoms in total. The van der Waals surface area contributed by atoms with E-state index in [4.69, 9.17) is 0 Å². The van der Waals surface area contributed by atoms with E-state index in [0.29, 0.717) is 25.9 Å². The first kappa shape index (κ1) is 15.5. The van der Waals surface area contributed by atoms with E-state index in [1.807, 2.05) is 30.3 Å². The molecule has 1 aliphatic heterocycles. The summed E-state index contributed by atoms with van der Waals surface area (Å²) in [7, 11) is 0. The first-order valence-electron chi connectivity index (χ1n) is 8.32. The third kappa shape index (κ3) is 3.18. The lowest BCUT2D eigenvalue weighted by molar-refractivity contribution is -0.151. The molecule has 0 aromatic heterocycles. The van der Waals surface area contributed by atoms with E-state index < -0.39 is 11.7 Å². The Labute approximate surface area is 131 Å². The van der Waals surface area contributed by atoms with Crippen molar-refractivity contribution < 1.29 is 15.0 Å². The van der Waals surface area contributed by atoms with Gasteiger partial charge in [0.05, 0.1) is 5.60 Å². The average molecular weight is 303 g/mol. The predicted molar refractivity (Wildman–Crippen MR) is 84.3 cm³/mol. The van der Waals surface area contributed by atoms with Gasteiger partial charge >= 0.3 is 0 Å². The Hall–Kier alpha value is -1.39. The number of fused-ring (bicyclic) bond motifs is 1. The monoisotopic (exact) mass is 303 g/mol. The summed E-state index contributed by atoms with van der Waals surface area (Å²) in [5.74, 6) is -0.0284.